The molecule has 4 nitrogen and oxygen atoms in total. The normalized spacial score (nSPS) is 15.0. The fourth-order valence-corrected chi connectivity index (χ4v) is 4.15. The number of thioether (sulfide) groups is 1. The molecule has 1 aliphatic rings. The van der Waals surface area contributed by atoms with Crippen molar-refractivity contribution in [2.75, 3.05) is 25.4 Å². The number of ether oxygens (including phenoxy) is 1. The molecule has 2 rings (SSSR count). The van der Waals surface area contributed by atoms with Crippen molar-refractivity contribution in [1.82, 2.24) is 4.90 Å². The molecule has 0 bridgehead atoms. The van der Waals surface area contributed by atoms with Gasteiger partial charge in [0.2, 0.25) is 0 Å². The molecule has 0 radical (unpaired) electrons. The predicted octanol–water partition coefficient (Wildman–Crippen LogP) is 4.12. The van der Waals surface area contributed by atoms with Crippen molar-refractivity contribution in [2.45, 2.75) is 50.5 Å². The van der Waals surface area contributed by atoms with E-state index in [9.17, 15) is 4.79 Å². The van der Waals surface area contributed by atoms with E-state index in [1.807, 2.05) is 26.8 Å². The fourth-order valence-electron chi connectivity index (χ4n) is 2.68. The van der Waals surface area contributed by atoms with Crippen LogP contribution < -0.4 is 5.73 Å². The Labute approximate surface area is 154 Å². The van der Waals surface area contributed by atoms with Crippen LogP contribution in [0.4, 0.5) is 4.79 Å². The molecule has 6 heteroatoms. The third-order valence-corrected chi connectivity index (χ3v) is 5.51. The van der Waals surface area contributed by atoms with E-state index in [2.05, 4.69) is 6.07 Å². The van der Waals surface area contributed by atoms with E-state index in [1.165, 1.54) is 11.1 Å². The highest BCUT2D eigenvalue weighted by molar-refractivity contribution is 7.99. The molecule has 1 heterocycles. The summed E-state index contributed by atoms with van der Waals surface area (Å²) in [6, 6.07) is 4.05. The van der Waals surface area contributed by atoms with Crippen LogP contribution in [0.3, 0.4) is 0 Å². The average molecular weight is 371 g/mol. The Morgan fingerprint density at radius 3 is 2.71 bits per heavy atom. The zero-order valence-corrected chi connectivity index (χ0v) is 16.3. The third kappa shape index (κ3) is 5.30. The van der Waals surface area contributed by atoms with Crippen molar-refractivity contribution >= 4 is 29.5 Å². The minimum absolute atomic E-state index is 0.237. The first-order valence-corrected chi connectivity index (χ1v) is 9.79. The first-order valence-electron chi connectivity index (χ1n) is 8.43. The number of rotatable bonds is 4. The maximum absolute atomic E-state index is 12.3. The molecule has 1 amide bonds. The molecule has 0 aliphatic carbocycles. The van der Waals surface area contributed by atoms with Crippen molar-refractivity contribution in [2.24, 2.45) is 5.73 Å². The van der Waals surface area contributed by atoms with Gasteiger partial charge in [0.15, 0.2) is 0 Å². The molecule has 1 aromatic rings. The van der Waals surface area contributed by atoms with Crippen LogP contribution in [0.1, 0.15) is 38.3 Å². The lowest BCUT2D eigenvalue weighted by atomic mass is 10.0. The summed E-state index contributed by atoms with van der Waals surface area (Å²) in [6.07, 6.45) is 2.36. The number of hydrogen-bond donors (Lipinski definition) is 1. The van der Waals surface area contributed by atoms with Crippen molar-refractivity contribution in [3.63, 3.8) is 0 Å². The molecule has 0 unspecified atom stereocenters. The average Bonchev–Trinajstić information content (AvgIpc) is 2.70. The van der Waals surface area contributed by atoms with Crippen LogP contribution in [0.2, 0.25) is 5.02 Å². The second-order valence-electron chi connectivity index (χ2n) is 6.97. The number of nitrogens with zero attached hydrogens (tertiary/aromatic N) is 1. The second kappa shape index (κ2) is 8.45. The molecule has 0 aromatic heterocycles. The molecule has 0 fully saturated rings. The number of benzene rings is 1. The SMILES string of the molecule is CC(C)(C)OC(=O)N1CCc2ccc(Cl)c(SCCCN)c2CC1. The van der Waals surface area contributed by atoms with E-state index in [0.29, 0.717) is 19.6 Å². The highest BCUT2D eigenvalue weighted by Crippen LogP contribution is 2.35. The van der Waals surface area contributed by atoms with Crippen molar-refractivity contribution < 1.29 is 9.53 Å². The number of carbonyl (C=O) groups is 1. The summed E-state index contributed by atoms with van der Waals surface area (Å²) in [5.41, 5.74) is 7.67. The maximum Gasteiger partial charge on any atom is 0.410 e. The van der Waals surface area contributed by atoms with E-state index < -0.39 is 5.60 Å². The monoisotopic (exact) mass is 370 g/mol. The Hall–Kier alpha value is -0.910. The zero-order chi connectivity index (χ0) is 17.7. The summed E-state index contributed by atoms with van der Waals surface area (Å²) in [7, 11) is 0. The van der Waals surface area contributed by atoms with E-state index >= 15 is 0 Å². The summed E-state index contributed by atoms with van der Waals surface area (Å²) in [5, 5.41) is 0.793. The van der Waals surface area contributed by atoms with Gasteiger partial charge in [-0.3, -0.25) is 0 Å². The second-order valence-corrected chi connectivity index (χ2v) is 8.48. The van der Waals surface area contributed by atoms with Gasteiger partial charge in [-0.25, -0.2) is 4.79 Å². The molecule has 1 aromatic carbocycles. The largest absolute Gasteiger partial charge is 0.444 e. The Bertz CT molecular complexity index is 587. The smallest absolute Gasteiger partial charge is 0.410 e. The van der Waals surface area contributed by atoms with Gasteiger partial charge in [0.05, 0.1) is 5.02 Å². The van der Waals surface area contributed by atoms with Crippen LogP contribution in [0.25, 0.3) is 0 Å². The van der Waals surface area contributed by atoms with E-state index in [0.717, 1.165) is 34.9 Å². The molecule has 0 saturated carbocycles. The van der Waals surface area contributed by atoms with Crippen molar-refractivity contribution in [3.8, 4) is 0 Å². The number of carbonyl (C=O) groups excluding carboxylic acids is 1. The first-order chi connectivity index (χ1) is 11.3. The maximum atomic E-state index is 12.3. The first kappa shape index (κ1) is 19.4. The molecular weight excluding hydrogens is 344 g/mol. The van der Waals surface area contributed by atoms with Crippen LogP contribution in [0.15, 0.2) is 17.0 Å². The van der Waals surface area contributed by atoms with Crippen LogP contribution in [0.5, 0.6) is 0 Å². The van der Waals surface area contributed by atoms with Gasteiger partial charge >= 0.3 is 6.09 Å². The van der Waals surface area contributed by atoms with Crippen LogP contribution in [-0.4, -0.2) is 42.0 Å². The predicted molar refractivity (Wildman–Crippen MR) is 101 cm³/mol. The highest BCUT2D eigenvalue weighted by Gasteiger charge is 2.25. The van der Waals surface area contributed by atoms with Gasteiger partial charge in [-0.15, -0.1) is 11.8 Å². The lowest BCUT2D eigenvalue weighted by Crippen LogP contribution is -2.38. The Balaban J connectivity index is 2.12. The Kier molecular flexibility index (Phi) is 6.84. The zero-order valence-electron chi connectivity index (χ0n) is 14.7. The Morgan fingerprint density at radius 1 is 1.33 bits per heavy atom. The van der Waals surface area contributed by atoms with E-state index in [1.54, 1.807) is 16.7 Å². The minimum Gasteiger partial charge on any atom is -0.444 e. The van der Waals surface area contributed by atoms with Gasteiger partial charge in [-0.2, -0.15) is 0 Å². The molecule has 0 spiro atoms. The van der Waals surface area contributed by atoms with Gasteiger partial charge < -0.3 is 15.4 Å². The van der Waals surface area contributed by atoms with E-state index in [-0.39, 0.29) is 6.09 Å². The van der Waals surface area contributed by atoms with Crippen LogP contribution in [-0.2, 0) is 17.6 Å². The van der Waals surface area contributed by atoms with Crippen LogP contribution in [0, 0.1) is 0 Å². The van der Waals surface area contributed by atoms with Gasteiger partial charge in [0, 0.05) is 18.0 Å². The van der Waals surface area contributed by atoms with Gasteiger partial charge in [-0.1, -0.05) is 17.7 Å². The molecule has 24 heavy (non-hydrogen) atoms. The lowest BCUT2D eigenvalue weighted by Gasteiger charge is -2.26. The molecule has 0 atom stereocenters. The van der Waals surface area contributed by atoms with Gasteiger partial charge in [0.25, 0.3) is 0 Å². The Morgan fingerprint density at radius 2 is 2.04 bits per heavy atom. The van der Waals surface area contributed by atoms with Crippen molar-refractivity contribution in [1.29, 1.82) is 0 Å². The summed E-state index contributed by atoms with van der Waals surface area (Å²) in [6.45, 7) is 7.70. The van der Waals surface area contributed by atoms with Crippen LogP contribution >= 0.6 is 23.4 Å². The molecule has 2 N–H and O–H groups in total. The fraction of sp³-hybridized carbons (Fsp3) is 0.611. The number of fused-ring (bicyclic) bond motifs is 1. The molecule has 1 aliphatic heterocycles. The van der Waals surface area contributed by atoms with E-state index in [4.69, 9.17) is 22.1 Å². The quantitative estimate of drug-likeness (QED) is 0.639. The van der Waals surface area contributed by atoms with Gasteiger partial charge in [0.1, 0.15) is 5.60 Å². The third-order valence-electron chi connectivity index (χ3n) is 3.84. The number of amides is 1. The number of halogens is 1. The van der Waals surface area contributed by atoms with Crippen molar-refractivity contribution in [3.05, 3.63) is 28.3 Å². The summed E-state index contributed by atoms with van der Waals surface area (Å²) < 4.78 is 5.51. The molecule has 134 valence electrons. The summed E-state index contributed by atoms with van der Waals surface area (Å²) in [4.78, 5) is 15.3. The minimum atomic E-state index is -0.469. The topological polar surface area (TPSA) is 55.6 Å². The van der Waals surface area contributed by atoms with Gasteiger partial charge in [-0.05, 0) is 69.5 Å². The number of hydrogen-bond acceptors (Lipinski definition) is 4. The molecule has 0 saturated heterocycles. The summed E-state index contributed by atoms with van der Waals surface area (Å²) in [5.74, 6) is 0.961. The molecular formula is C18H27ClN2O2S. The number of nitrogens with two attached hydrogens (primary N) is 1. The lowest BCUT2D eigenvalue weighted by molar-refractivity contribution is 0.0258. The standard InChI is InChI=1S/C18H27ClN2O2S/c1-18(2,3)23-17(22)21-10-7-13-5-6-15(19)16(14(13)8-11-21)24-12-4-9-20/h5-6H,4,7-12,20H2,1-3H3. The highest BCUT2D eigenvalue weighted by atomic mass is 35.5. The summed E-state index contributed by atoms with van der Waals surface area (Å²) >= 11 is 8.19.